The number of nitrogens with one attached hydrogen (secondary N) is 2. The van der Waals surface area contributed by atoms with E-state index >= 15 is 0 Å². The zero-order chi connectivity index (χ0) is 15.1. The van der Waals surface area contributed by atoms with Crippen molar-refractivity contribution in [1.82, 2.24) is 15.2 Å². The Hall–Kier alpha value is -0.730. The van der Waals surface area contributed by atoms with Crippen LogP contribution in [0.15, 0.2) is 52.2 Å². The Morgan fingerprint density at radius 1 is 1.27 bits per heavy atom. The largest absolute Gasteiger partial charge is 0.355 e. The van der Waals surface area contributed by atoms with Crippen LogP contribution in [0.25, 0.3) is 0 Å². The fourth-order valence-electron chi connectivity index (χ4n) is 1.89. The van der Waals surface area contributed by atoms with Crippen LogP contribution in [0.4, 0.5) is 0 Å². The van der Waals surface area contributed by atoms with Crippen LogP contribution in [0.5, 0.6) is 0 Å². The number of benzene rings is 1. The van der Waals surface area contributed by atoms with Gasteiger partial charge in [0.1, 0.15) is 0 Å². The summed E-state index contributed by atoms with van der Waals surface area (Å²) in [7, 11) is 1.76. The molecule has 2 N–H and O–H groups in total. The molecule has 7 heteroatoms. The van der Waals surface area contributed by atoms with Crippen molar-refractivity contribution in [2.24, 2.45) is 4.99 Å². The first-order valence-electron chi connectivity index (χ1n) is 6.68. The maximum Gasteiger partial charge on any atom is 0.191 e. The Balaban J connectivity index is 0.00000242. The van der Waals surface area contributed by atoms with Crippen molar-refractivity contribution >= 4 is 57.5 Å². The van der Waals surface area contributed by atoms with E-state index in [4.69, 9.17) is 11.6 Å². The predicted octanol–water partition coefficient (Wildman–Crippen LogP) is 3.89. The molecular formula is C15H19BrClIN4. The highest BCUT2D eigenvalue weighted by molar-refractivity contribution is 14.0. The SMILES string of the molecule is CN=C(NCCn1cccc1)NCc1ccc(Br)cc1Cl.I. The van der Waals surface area contributed by atoms with Gasteiger partial charge in [0.2, 0.25) is 0 Å². The maximum atomic E-state index is 6.19. The monoisotopic (exact) mass is 496 g/mol. The summed E-state index contributed by atoms with van der Waals surface area (Å²) in [6.07, 6.45) is 4.08. The summed E-state index contributed by atoms with van der Waals surface area (Å²) in [6.45, 7) is 2.34. The number of guanidine groups is 1. The van der Waals surface area contributed by atoms with Crippen molar-refractivity contribution in [2.45, 2.75) is 13.1 Å². The topological polar surface area (TPSA) is 41.4 Å². The quantitative estimate of drug-likeness (QED) is 0.374. The van der Waals surface area contributed by atoms with Crippen molar-refractivity contribution in [2.75, 3.05) is 13.6 Å². The molecule has 1 aromatic carbocycles. The smallest absolute Gasteiger partial charge is 0.191 e. The molecule has 0 aliphatic rings. The molecule has 0 saturated heterocycles. The highest BCUT2D eigenvalue weighted by Gasteiger charge is 2.03. The van der Waals surface area contributed by atoms with Crippen LogP contribution in [0, 0.1) is 0 Å². The Morgan fingerprint density at radius 2 is 2.00 bits per heavy atom. The minimum absolute atomic E-state index is 0. The molecule has 0 bridgehead atoms. The summed E-state index contributed by atoms with van der Waals surface area (Å²) in [5.41, 5.74) is 1.04. The molecule has 0 aliphatic carbocycles. The number of rotatable bonds is 5. The molecule has 0 radical (unpaired) electrons. The van der Waals surface area contributed by atoms with Gasteiger partial charge in [0, 0.05) is 48.6 Å². The van der Waals surface area contributed by atoms with Gasteiger partial charge in [0.15, 0.2) is 5.96 Å². The number of hydrogen-bond acceptors (Lipinski definition) is 1. The third-order valence-corrected chi connectivity index (χ3v) is 3.86. The second-order valence-corrected chi connectivity index (χ2v) is 5.83. The van der Waals surface area contributed by atoms with Crippen LogP contribution in [-0.2, 0) is 13.1 Å². The van der Waals surface area contributed by atoms with Gasteiger partial charge < -0.3 is 15.2 Å². The lowest BCUT2D eigenvalue weighted by atomic mass is 10.2. The van der Waals surface area contributed by atoms with E-state index in [1.165, 1.54) is 0 Å². The van der Waals surface area contributed by atoms with Gasteiger partial charge in [-0.3, -0.25) is 4.99 Å². The molecule has 0 atom stereocenters. The Kier molecular flexibility index (Phi) is 8.89. The van der Waals surface area contributed by atoms with E-state index in [1.807, 2.05) is 42.7 Å². The van der Waals surface area contributed by atoms with E-state index in [9.17, 15) is 0 Å². The van der Waals surface area contributed by atoms with Crippen LogP contribution in [0.1, 0.15) is 5.56 Å². The highest BCUT2D eigenvalue weighted by atomic mass is 127. The van der Waals surface area contributed by atoms with Gasteiger partial charge in [-0.25, -0.2) is 0 Å². The van der Waals surface area contributed by atoms with Crippen molar-refractivity contribution < 1.29 is 0 Å². The second-order valence-electron chi connectivity index (χ2n) is 4.51. The molecule has 0 aliphatic heterocycles. The maximum absolute atomic E-state index is 6.19. The minimum atomic E-state index is 0. The molecule has 120 valence electrons. The molecule has 2 aromatic rings. The van der Waals surface area contributed by atoms with Gasteiger partial charge in [0.05, 0.1) is 0 Å². The number of aliphatic imine (C=N–C) groups is 1. The van der Waals surface area contributed by atoms with Gasteiger partial charge in [-0.2, -0.15) is 0 Å². The van der Waals surface area contributed by atoms with Crippen LogP contribution < -0.4 is 10.6 Å². The number of halogens is 3. The average Bonchev–Trinajstić information content (AvgIpc) is 2.97. The van der Waals surface area contributed by atoms with E-state index in [-0.39, 0.29) is 24.0 Å². The number of aromatic nitrogens is 1. The molecule has 4 nitrogen and oxygen atoms in total. The Morgan fingerprint density at radius 3 is 2.64 bits per heavy atom. The van der Waals surface area contributed by atoms with Gasteiger partial charge >= 0.3 is 0 Å². The molecule has 1 heterocycles. The summed E-state index contributed by atoms with van der Waals surface area (Å²) in [6, 6.07) is 9.89. The van der Waals surface area contributed by atoms with E-state index < -0.39 is 0 Å². The van der Waals surface area contributed by atoms with E-state index in [1.54, 1.807) is 7.05 Å². The standard InChI is InChI=1S/C15H18BrClN4.HI/c1-18-15(19-6-9-21-7-2-3-8-21)20-11-12-4-5-13(16)10-14(12)17;/h2-5,7-8,10H,6,9,11H2,1H3,(H2,18,19,20);1H. The third-order valence-electron chi connectivity index (χ3n) is 3.01. The van der Waals surface area contributed by atoms with E-state index in [2.05, 4.69) is 36.1 Å². The van der Waals surface area contributed by atoms with E-state index in [0.717, 1.165) is 34.1 Å². The van der Waals surface area contributed by atoms with Crippen molar-refractivity contribution in [1.29, 1.82) is 0 Å². The van der Waals surface area contributed by atoms with Crippen LogP contribution in [0.2, 0.25) is 5.02 Å². The van der Waals surface area contributed by atoms with E-state index in [0.29, 0.717) is 6.54 Å². The first-order valence-corrected chi connectivity index (χ1v) is 7.85. The molecule has 1 aromatic heterocycles. The molecular weight excluding hydrogens is 478 g/mol. The predicted molar refractivity (Wildman–Crippen MR) is 107 cm³/mol. The molecule has 0 fully saturated rings. The molecule has 0 saturated carbocycles. The van der Waals surface area contributed by atoms with Crippen molar-refractivity contribution in [3.05, 3.63) is 57.8 Å². The lowest BCUT2D eigenvalue weighted by molar-refractivity contribution is 0.665. The summed E-state index contributed by atoms with van der Waals surface area (Å²) in [4.78, 5) is 4.20. The summed E-state index contributed by atoms with van der Waals surface area (Å²) < 4.78 is 3.09. The lowest BCUT2D eigenvalue weighted by Crippen LogP contribution is -2.38. The zero-order valence-corrected chi connectivity index (χ0v) is 16.9. The first kappa shape index (κ1) is 19.3. The Labute approximate surface area is 161 Å². The fourth-order valence-corrected chi connectivity index (χ4v) is 2.63. The van der Waals surface area contributed by atoms with Crippen LogP contribution in [0.3, 0.4) is 0 Å². The summed E-state index contributed by atoms with van der Waals surface area (Å²) in [5.74, 6) is 0.765. The minimum Gasteiger partial charge on any atom is -0.355 e. The molecule has 0 spiro atoms. The van der Waals surface area contributed by atoms with Gasteiger partial charge in [0.25, 0.3) is 0 Å². The van der Waals surface area contributed by atoms with Gasteiger partial charge in [-0.15, -0.1) is 24.0 Å². The van der Waals surface area contributed by atoms with Crippen LogP contribution >= 0.6 is 51.5 Å². The third kappa shape index (κ3) is 6.18. The second kappa shape index (κ2) is 10.1. The molecule has 0 unspecified atom stereocenters. The van der Waals surface area contributed by atoms with Gasteiger partial charge in [-0.1, -0.05) is 33.6 Å². The summed E-state index contributed by atoms with van der Waals surface area (Å²) >= 11 is 9.59. The van der Waals surface area contributed by atoms with Gasteiger partial charge in [-0.05, 0) is 29.8 Å². The molecule has 22 heavy (non-hydrogen) atoms. The van der Waals surface area contributed by atoms with Crippen molar-refractivity contribution in [3.8, 4) is 0 Å². The molecule has 2 rings (SSSR count). The highest BCUT2D eigenvalue weighted by Crippen LogP contribution is 2.20. The number of nitrogens with zero attached hydrogens (tertiary/aromatic N) is 2. The van der Waals surface area contributed by atoms with Crippen molar-refractivity contribution in [3.63, 3.8) is 0 Å². The lowest BCUT2D eigenvalue weighted by Gasteiger charge is -2.13. The fraction of sp³-hybridized carbons (Fsp3) is 0.267. The number of hydrogen-bond donors (Lipinski definition) is 2. The average molecular weight is 498 g/mol. The normalized spacial score (nSPS) is 11.0. The van der Waals surface area contributed by atoms with Crippen LogP contribution in [-0.4, -0.2) is 24.1 Å². The molecule has 0 amide bonds. The first-order chi connectivity index (χ1) is 10.2. The summed E-state index contributed by atoms with van der Waals surface area (Å²) in [5, 5.41) is 7.27. The Bertz CT molecular complexity index is 602. The zero-order valence-electron chi connectivity index (χ0n) is 12.2.